The first-order valence-corrected chi connectivity index (χ1v) is 12.0. The van der Waals surface area contributed by atoms with E-state index in [1.165, 1.54) is 30.5 Å². The van der Waals surface area contributed by atoms with E-state index in [1.807, 2.05) is 48.5 Å². The second-order valence-corrected chi connectivity index (χ2v) is 8.85. The Labute approximate surface area is 202 Å². The highest BCUT2D eigenvalue weighted by Crippen LogP contribution is 2.26. The predicted octanol–water partition coefficient (Wildman–Crippen LogP) is 6.78. The van der Waals surface area contributed by atoms with E-state index in [-0.39, 0.29) is 5.78 Å². The summed E-state index contributed by atoms with van der Waals surface area (Å²) in [6.07, 6.45) is 7.27. The number of ether oxygens (including phenoxy) is 2. The molecular formula is C30H33NO3. The van der Waals surface area contributed by atoms with Crippen LogP contribution in [0.5, 0.6) is 11.5 Å². The van der Waals surface area contributed by atoms with Gasteiger partial charge in [-0.1, -0.05) is 24.3 Å². The van der Waals surface area contributed by atoms with E-state index in [1.54, 1.807) is 13.2 Å². The highest BCUT2D eigenvalue weighted by atomic mass is 16.5. The number of hydrogen-bond donors (Lipinski definition) is 0. The lowest BCUT2D eigenvalue weighted by molar-refractivity contribution is 0.104. The summed E-state index contributed by atoms with van der Waals surface area (Å²) in [5.74, 6) is 1.63. The number of nitrogens with zero attached hydrogens (tertiary/aromatic N) is 1. The molecule has 3 aromatic carbocycles. The van der Waals surface area contributed by atoms with Gasteiger partial charge >= 0.3 is 0 Å². The molecule has 4 heteroatoms. The van der Waals surface area contributed by atoms with E-state index in [0.717, 1.165) is 41.3 Å². The van der Waals surface area contributed by atoms with Crippen LogP contribution in [0.25, 0.3) is 6.08 Å². The molecule has 4 rings (SSSR count). The standard InChI is InChI=1S/C30H33NO3/c1-22-8-7-9-29(23(22)2)34-21-26-20-24(11-17-30(26)33-3)10-16-28(32)25-12-14-27(15-13-25)31-18-5-4-6-19-31/h7-17,20H,4-6,18-19,21H2,1-3H3/b16-10+. The monoisotopic (exact) mass is 455 g/mol. The molecule has 3 aromatic rings. The summed E-state index contributed by atoms with van der Waals surface area (Å²) in [5.41, 5.74) is 6.09. The van der Waals surface area contributed by atoms with Gasteiger partial charge < -0.3 is 14.4 Å². The summed E-state index contributed by atoms with van der Waals surface area (Å²) in [6.45, 7) is 6.72. The molecule has 0 atom stereocenters. The Kier molecular flexibility index (Phi) is 7.69. The van der Waals surface area contributed by atoms with E-state index >= 15 is 0 Å². The van der Waals surface area contributed by atoms with Gasteiger partial charge in [-0.05, 0) is 98.3 Å². The molecule has 1 aliphatic heterocycles. The minimum atomic E-state index is -0.00537. The average molecular weight is 456 g/mol. The van der Waals surface area contributed by atoms with Gasteiger partial charge in [0.25, 0.3) is 0 Å². The van der Waals surface area contributed by atoms with Crippen molar-refractivity contribution in [3.8, 4) is 11.5 Å². The Morgan fingerprint density at radius 1 is 0.941 bits per heavy atom. The highest BCUT2D eigenvalue weighted by Gasteiger charge is 2.12. The quantitative estimate of drug-likeness (QED) is 0.277. The Morgan fingerprint density at radius 2 is 1.71 bits per heavy atom. The number of hydrogen-bond acceptors (Lipinski definition) is 4. The smallest absolute Gasteiger partial charge is 0.185 e. The molecular weight excluding hydrogens is 422 g/mol. The van der Waals surface area contributed by atoms with Gasteiger partial charge in [-0.15, -0.1) is 0 Å². The number of aryl methyl sites for hydroxylation is 1. The normalized spacial score (nSPS) is 13.8. The van der Waals surface area contributed by atoms with Crippen LogP contribution in [0.1, 0.15) is 51.9 Å². The van der Waals surface area contributed by atoms with Gasteiger partial charge in [0.15, 0.2) is 5.78 Å². The number of carbonyl (C=O) groups excluding carboxylic acids is 1. The first-order chi connectivity index (χ1) is 16.5. The van der Waals surface area contributed by atoms with Crippen LogP contribution in [-0.4, -0.2) is 26.0 Å². The Bertz CT molecular complexity index is 1160. The second-order valence-electron chi connectivity index (χ2n) is 8.85. The Balaban J connectivity index is 1.44. The molecule has 0 radical (unpaired) electrons. The fourth-order valence-corrected chi connectivity index (χ4v) is 4.31. The highest BCUT2D eigenvalue weighted by molar-refractivity contribution is 6.07. The first kappa shape index (κ1) is 23.6. The van der Waals surface area contributed by atoms with Crippen molar-refractivity contribution in [3.63, 3.8) is 0 Å². The zero-order chi connectivity index (χ0) is 23.9. The predicted molar refractivity (Wildman–Crippen MR) is 139 cm³/mol. The summed E-state index contributed by atoms with van der Waals surface area (Å²) in [5, 5.41) is 0. The number of rotatable bonds is 8. The fraction of sp³-hybridized carbons (Fsp3) is 0.300. The lowest BCUT2D eigenvalue weighted by Crippen LogP contribution is -2.29. The van der Waals surface area contributed by atoms with E-state index in [0.29, 0.717) is 12.2 Å². The molecule has 0 amide bonds. The van der Waals surface area contributed by atoms with Crippen molar-refractivity contribution in [3.05, 3.63) is 94.6 Å². The largest absolute Gasteiger partial charge is 0.496 e. The average Bonchev–Trinajstić information content (AvgIpc) is 2.88. The molecule has 1 fully saturated rings. The van der Waals surface area contributed by atoms with Crippen molar-refractivity contribution < 1.29 is 14.3 Å². The number of carbonyl (C=O) groups is 1. The molecule has 0 N–H and O–H groups in total. The molecule has 176 valence electrons. The molecule has 0 aliphatic carbocycles. The summed E-state index contributed by atoms with van der Waals surface area (Å²) in [6, 6.07) is 19.9. The maximum atomic E-state index is 12.7. The van der Waals surface area contributed by atoms with Gasteiger partial charge in [0.1, 0.15) is 18.1 Å². The zero-order valence-corrected chi connectivity index (χ0v) is 20.3. The third-order valence-corrected chi connectivity index (χ3v) is 6.54. The molecule has 34 heavy (non-hydrogen) atoms. The van der Waals surface area contributed by atoms with Crippen molar-refractivity contribution in [1.29, 1.82) is 0 Å². The molecule has 0 unspecified atom stereocenters. The molecule has 4 nitrogen and oxygen atoms in total. The molecule has 0 spiro atoms. The van der Waals surface area contributed by atoms with Crippen molar-refractivity contribution in [2.75, 3.05) is 25.1 Å². The van der Waals surface area contributed by atoms with Crippen molar-refractivity contribution in [2.45, 2.75) is 39.7 Å². The van der Waals surface area contributed by atoms with Gasteiger partial charge in [-0.2, -0.15) is 0 Å². The summed E-state index contributed by atoms with van der Waals surface area (Å²) in [4.78, 5) is 15.1. The molecule has 1 aliphatic rings. The second kappa shape index (κ2) is 11.1. The number of benzene rings is 3. The van der Waals surface area contributed by atoms with Crippen LogP contribution in [0.15, 0.2) is 66.7 Å². The van der Waals surface area contributed by atoms with Crippen LogP contribution >= 0.6 is 0 Å². The van der Waals surface area contributed by atoms with Crippen LogP contribution < -0.4 is 14.4 Å². The van der Waals surface area contributed by atoms with Crippen LogP contribution in [0.2, 0.25) is 0 Å². The van der Waals surface area contributed by atoms with Crippen LogP contribution in [-0.2, 0) is 6.61 Å². The maximum absolute atomic E-state index is 12.7. The number of piperidine rings is 1. The van der Waals surface area contributed by atoms with Crippen LogP contribution in [0.3, 0.4) is 0 Å². The summed E-state index contributed by atoms with van der Waals surface area (Å²) in [7, 11) is 1.66. The Morgan fingerprint density at radius 3 is 2.44 bits per heavy atom. The lowest BCUT2D eigenvalue weighted by atomic mass is 10.1. The Hall–Kier alpha value is -3.53. The topological polar surface area (TPSA) is 38.8 Å². The van der Waals surface area contributed by atoms with E-state index in [4.69, 9.17) is 9.47 Å². The van der Waals surface area contributed by atoms with Crippen molar-refractivity contribution in [2.24, 2.45) is 0 Å². The first-order valence-electron chi connectivity index (χ1n) is 12.0. The van der Waals surface area contributed by atoms with Gasteiger partial charge in [-0.25, -0.2) is 0 Å². The van der Waals surface area contributed by atoms with Crippen LogP contribution in [0.4, 0.5) is 5.69 Å². The third-order valence-electron chi connectivity index (χ3n) is 6.54. The van der Waals surface area contributed by atoms with Crippen molar-refractivity contribution in [1.82, 2.24) is 0 Å². The van der Waals surface area contributed by atoms with Gasteiger partial charge in [0.05, 0.1) is 7.11 Å². The van der Waals surface area contributed by atoms with Crippen molar-refractivity contribution >= 4 is 17.5 Å². The van der Waals surface area contributed by atoms with E-state index < -0.39 is 0 Å². The fourth-order valence-electron chi connectivity index (χ4n) is 4.31. The van der Waals surface area contributed by atoms with Gasteiger partial charge in [0, 0.05) is 29.9 Å². The molecule has 0 saturated carbocycles. The molecule has 1 heterocycles. The van der Waals surface area contributed by atoms with Crippen LogP contribution in [0, 0.1) is 13.8 Å². The van der Waals surface area contributed by atoms with Gasteiger partial charge in [0.2, 0.25) is 0 Å². The minimum Gasteiger partial charge on any atom is -0.496 e. The SMILES string of the molecule is COc1ccc(/C=C/C(=O)c2ccc(N3CCCCC3)cc2)cc1COc1cccc(C)c1C. The zero-order valence-electron chi connectivity index (χ0n) is 20.3. The molecule has 1 saturated heterocycles. The minimum absolute atomic E-state index is 0.00537. The lowest BCUT2D eigenvalue weighted by Gasteiger charge is -2.28. The molecule has 0 aromatic heterocycles. The maximum Gasteiger partial charge on any atom is 0.185 e. The van der Waals surface area contributed by atoms with Gasteiger partial charge in [-0.3, -0.25) is 4.79 Å². The summed E-state index contributed by atoms with van der Waals surface area (Å²) < 4.78 is 11.6. The third kappa shape index (κ3) is 5.69. The van der Waals surface area contributed by atoms with E-state index in [9.17, 15) is 4.79 Å². The van der Waals surface area contributed by atoms with E-state index in [2.05, 4.69) is 36.9 Å². The number of allylic oxidation sites excluding steroid dienone is 1. The number of anilines is 1. The molecule has 0 bridgehead atoms. The number of ketones is 1. The number of methoxy groups -OCH3 is 1. The summed E-state index contributed by atoms with van der Waals surface area (Å²) >= 11 is 0.